The van der Waals surface area contributed by atoms with Gasteiger partial charge in [0.05, 0.1) is 24.0 Å². The highest BCUT2D eigenvalue weighted by Crippen LogP contribution is 2.63. The molecule has 3 N–H and O–H groups in total. The Hall–Kier alpha value is -3.23. The Morgan fingerprint density at radius 3 is 2.42 bits per heavy atom. The fourth-order valence-electron chi connectivity index (χ4n) is 6.57. The number of β-amino-alcohol motifs (C(OH)–C–C–N with tert-alkyl or cyclic N) is 1. The van der Waals surface area contributed by atoms with Gasteiger partial charge in [-0.2, -0.15) is 0 Å². The SMILES string of the molecule is Cc1cccc(C)c1NC(=O)C1N(CCO)C(=O)[C@@H]2[C@@H](C(=O)NCc3ccccc3)[C@@]3(C)CCC12O3. The standard InChI is InChI=1S/C28H33N3O5/c1-17-8-7-9-18(2)22(17)30-25(34)23-28-13-12-27(3,36-28)20(21(28)26(35)31(23)14-15-32)24(33)29-16-19-10-5-4-6-11-19/h4-11,20-21,23,32H,12-16H2,1-3H3,(H,29,33)(H,30,34)/t20-,21-,23?,27+,28?/m0/s1. The molecule has 8 heteroatoms. The van der Waals surface area contributed by atoms with Crippen LogP contribution in [0.15, 0.2) is 48.5 Å². The molecule has 1 spiro atoms. The Morgan fingerprint density at radius 2 is 1.75 bits per heavy atom. The summed E-state index contributed by atoms with van der Waals surface area (Å²) in [6.07, 6.45) is 1.06. The van der Waals surface area contributed by atoms with Gasteiger partial charge in [0, 0.05) is 18.8 Å². The summed E-state index contributed by atoms with van der Waals surface area (Å²) in [5.41, 5.74) is 1.53. The molecule has 8 nitrogen and oxygen atoms in total. The lowest BCUT2D eigenvalue weighted by Gasteiger charge is -2.33. The van der Waals surface area contributed by atoms with Crippen LogP contribution in [0.25, 0.3) is 0 Å². The van der Waals surface area contributed by atoms with Gasteiger partial charge in [0.1, 0.15) is 11.6 Å². The first-order valence-corrected chi connectivity index (χ1v) is 12.5. The molecule has 5 rings (SSSR count). The molecule has 3 amide bonds. The molecule has 2 unspecified atom stereocenters. The van der Waals surface area contributed by atoms with E-state index in [2.05, 4.69) is 10.6 Å². The predicted molar refractivity (Wildman–Crippen MR) is 134 cm³/mol. The summed E-state index contributed by atoms with van der Waals surface area (Å²) < 4.78 is 6.57. The second-order valence-electron chi connectivity index (χ2n) is 10.4. The molecular weight excluding hydrogens is 458 g/mol. The number of carbonyl (C=O) groups is 3. The van der Waals surface area contributed by atoms with E-state index in [9.17, 15) is 19.5 Å². The van der Waals surface area contributed by atoms with E-state index in [-0.39, 0.29) is 30.9 Å². The summed E-state index contributed by atoms with van der Waals surface area (Å²) in [5, 5.41) is 15.8. The van der Waals surface area contributed by atoms with Gasteiger partial charge in [-0.1, -0.05) is 48.5 Å². The minimum Gasteiger partial charge on any atom is -0.395 e. The lowest BCUT2D eigenvalue weighted by molar-refractivity contribution is -0.145. The molecule has 3 heterocycles. The Labute approximate surface area is 211 Å². The van der Waals surface area contributed by atoms with Crippen LogP contribution in [0.4, 0.5) is 5.69 Å². The highest BCUT2D eigenvalue weighted by Gasteiger charge is 2.77. The number of aliphatic hydroxyl groups is 1. The van der Waals surface area contributed by atoms with E-state index in [1.54, 1.807) is 0 Å². The lowest BCUT2D eigenvalue weighted by Crippen LogP contribution is -2.54. The molecule has 3 aliphatic heterocycles. The number of hydrogen-bond acceptors (Lipinski definition) is 5. The number of aryl methyl sites for hydroxylation is 2. The van der Waals surface area contributed by atoms with E-state index in [1.165, 1.54) is 4.90 Å². The number of nitrogens with one attached hydrogen (secondary N) is 2. The van der Waals surface area contributed by atoms with Crippen molar-refractivity contribution in [3.8, 4) is 0 Å². The number of ether oxygens (including phenoxy) is 1. The van der Waals surface area contributed by atoms with Gasteiger partial charge in [0.25, 0.3) is 0 Å². The Morgan fingerprint density at radius 1 is 1.06 bits per heavy atom. The summed E-state index contributed by atoms with van der Waals surface area (Å²) in [6.45, 7) is 5.76. The number of amides is 3. The van der Waals surface area contributed by atoms with Crippen molar-refractivity contribution >= 4 is 23.4 Å². The fraction of sp³-hybridized carbons (Fsp3) is 0.464. The Balaban J connectivity index is 1.46. The molecule has 2 aromatic carbocycles. The Kier molecular flexibility index (Phi) is 6.12. The molecule has 2 aromatic rings. The highest BCUT2D eigenvalue weighted by atomic mass is 16.5. The van der Waals surface area contributed by atoms with Gasteiger partial charge < -0.3 is 25.4 Å². The van der Waals surface area contributed by atoms with Crippen LogP contribution in [-0.2, 0) is 25.7 Å². The molecule has 0 aromatic heterocycles. The van der Waals surface area contributed by atoms with Gasteiger partial charge in [-0.15, -0.1) is 0 Å². The average molecular weight is 492 g/mol. The van der Waals surface area contributed by atoms with Crippen molar-refractivity contribution in [1.29, 1.82) is 0 Å². The van der Waals surface area contributed by atoms with Gasteiger partial charge in [-0.25, -0.2) is 0 Å². The van der Waals surface area contributed by atoms with E-state index in [4.69, 9.17) is 4.74 Å². The third-order valence-corrected chi connectivity index (χ3v) is 8.19. The molecule has 2 bridgehead atoms. The number of benzene rings is 2. The summed E-state index contributed by atoms with van der Waals surface area (Å²) in [4.78, 5) is 42.5. The van der Waals surface area contributed by atoms with Crippen LogP contribution in [0.1, 0.15) is 36.5 Å². The zero-order valence-electron chi connectivity index (χ0n) is 20.9. The van der Waals surface area contributed by atoms with Crippen molar-refractivity contribution in [2.45, 2.75) is 57.4 Å². The third kappa shape index (κ3) is 3.71. The lowest BCUT2D eigenvalue weighted by atomic mass is 9.66. The fourth-order valence-corrected chi connectivity index (χ4v) is 6.57. The normalized spacial score (nSPS) is 30.4. The maximum atomic E-state index is 13.8. The number of fused-ring (bicyclic) bond motifs is 1. The largest absolute Gasteiger partial charge is 0.395 e. The number of aliphatic hydroxyl groups excluding tert-OH is 1. The van der Waals surface area contributed by atoms with Crippen molar-refractivity contribution in [1.82, 2.24) is 10.2 Å². The van der Waals surface area contributed by atoms with Gasteiger partial charge in [0.15, 0.2) is 0 Å². The number of rotatable bonds is 7. The molecule has 0 saturated carbocycles. The maximum absolute atomic E-state index is 13.8. The number of anilines is 1. The van der Waals surface area contributed by atoms with E-state index < -0.39 is 29.1 Å². The summed E-state index contributed by atoms with van der Waals surface area (Å²) in [5.74, 6) is -2.42. The van der Waals surface area contributed by atoms with Gasteiger partial charge >= 0.3 is 0 Å². The van der Waals surface area contributed by atoms with Crippen LogP contribution in [0, 0.1) is 25.7 Å². The molecule has 3 aliphatic rings. The van der Waals surface area contributed by atoms with Crippen molar-refractivity contribution in [2.75, 3.05) is 18.5 Å². The predicted octanol–water partition coefficient (Wildman–Crippen LogP) is 2.32. The van der Waals surface area contributed by atoms with Crippen LogP contribution < -0.4 is 10.6 Å². The first-order valence-electron chi connectivity index (χ1n) is 12.5. The molecule has 3 saturated heterocycles. The molecule has 3 fully saturated rings. The van der Waals surface area contributed by atoms with Gasteiger partial charge in [-0.05, 0) is 50.3 Å². The Bertz CT molecular complexity index is 1180. The number of hydrogen-bond donors (Lipinski definition) is 3. The van der Waals surface area contributed by atoms with Gasteiger partial charge in [-0.3, -0.25) is 14.4 Å². The number of para-hydroxylation sites is 1. The molecule has 0 aliphatic carbocycles. The summed E-state index contributed by atoms with van der Waals surface area (Å²) in [6, 6.07) is 14.4. The number of nitrogens with zero attached hydrogens (tertiary/aromatic N) is 1. The minimum atomic E-state index is -1.11. The number of likely N-dealkylation sites (tertiary alicyclic amines) is 1. The second kappa shape index (κ2) is 9.01. The second-order valence-corrected chi connectivity index (χ2v) is 10.4. The summed E-state index contributed by atoms with van der Waals surface area (Å²) in [7, 11) is 0. The van der Waals surface area contributed by atoms with Crippen LogP contribution >= 0.6 is 0 Å². The van der Waals surface area contributed by atoms with Crippen molar-refractivity contribution in [3.05, 3.63) is 65.2 Å². The highest BCUT2D eigenvalue weighted by molar-refractivity contribution is 6.04. The van der Waals surface area contributed by atoms with E-state index in [1.807, 2.05) is 69.3 Å². The van der Waals surface area contributed by atoms with Crippen LogP contribution in [0.2, 0.25) is 0 Å². The first-order chi connectivity index (χ1) is 17.2. The van der Waals surface area contributed by atoms with Crippen molar-refractivity contribution in [3.63, 3.8) is 0 Å². The molecule has 190 valence electrons. The van der Waals surface area contributed by atoms with E-state index in [0.717, 1.165) is 16.7 Å². The van der Waals surface area contributed by atoms with Crippen LogP contribution in [0.5, 0.6) is 0 Å². The quantitative estimate of drug-likeness (QED) is 0.551. The first kappa shape index (κ1) is 24.5. The monoisotopic (exact) mass is 491 g/mol. The number of carbonyl (C=O) groups excluding carboxylic acids is 3. The van der Waals surface area contributed by atoms with E-state index in [0.29, 0.717) is 25.1 Å². The zero-order chi connectivity index (χ0) is 25.7. The topological polar surface area (TPSA) is 108 Å². The van der Waals surface area contributed by atoms with Crippen LogP contribution in [0.3, 0.4) is 0 Å². The van der Waals surface area contributed by atoms with E-state index >= 15 is 0 Å². The summed E-state index contributed by atoms with van der Waals surface area (Å²) >= 11 is 0. The molecule has 5 atom stereocenters. The molecular formula is C28H33N3O5. The van der Waals surface area contributed by atoms with Crippen LogP contribution in [-0.4, -0.2) is 58.1 Å². The average Bonchev–Trinajstić information content (AvgIpc) is 3.42. The van der Waals surface area contributed by atoms with Crippen molar-refractivity contribution < 1.29 is 24.2 Å². The minimum absolute atomic E-state index is 0.000350. The maximum Gasteiger partial charge on any atom is 0.250 e. The third-order valence-electron chi connectivity index (χ3n) is 8.19. The smallest absolute Gasteiger partial charge is 0.250 e. The van der Waals surface area contributed by atoms with Crippen molar-refractivity contribution in [2.24, 2.45) is 11.8 Å². The molecule has 0 radical (unpaired) electrons. The zero-order valence-corrected chi connectivity index (χ0v) is 20.9. The molecule has 36 heavy (non-hydrogen) atoms. The van der Waals surface area contributed by atoms with Gasteiger partial charge in [0.2, 0.25) is 17.7 Å².